The highest BCUT2D eigenvalue weighted by Crippen LogP contribution is 2.13. The van der Waals surface area contributed by atoms with Gasteiger partial charge in [0.25, 0.3) is 0 Å². The van der Waals surface area contributed by atoms with Crippen LogP contribution in [0, 0.1) is 0 Å². The zero-order valence-corrected chi connectivity index (χ0v) is 14.1. The molecule has 6 heteroatoms. The highest BCUT2D eigenvalue weighted by atomic mass is 16.5. The normalized spacial score (nSPS) is 25.3. The Kier molecular flexibility index (Phi) is 7.59. The molecule has 0 aromatic rings. The van der Waals surface area contributed by atoms with Crippen molar-refractivity contribution in [1.29, 1.82) is 0 Å². The highest BCUT2D eigenvalue weighted by molar-refractivity contribution is 5.78. The van der Waals surface area contributed by atoms with Gasteiger partial charge in [0.15, 0.2) is 0 Å². The number of carbonyl (C=O) groups is 1. The molecule has 0 aromatic heterocycles. The predicted octanol–water partition coefficient (Wildman–Crippen LogP) is 0.324. The van der Waals surface area contributed by atoms with Crippen molar-refractivity contribution in [3.05, 3.63) is 0 Å². The van der Waals surface area contributed by atoms with E-state index in [-0.39, 0.29) is 5.91 Å². The van der Waals surface area contributed by atoms with E-state index in [1.807, 2.05) is 0 Å². The van der Waals surface area contributed by atoms with Gasteiger partial charge in [-0.25, -0.2) is 0 Å². The molecule has 1 unspecified atom stereocenters. The van der Waals surface area contributed by atoms with E-state index in [4.69, 9.17) is 9.47 Å². The van der Waals surface area contributed by atoms with Crippen LogP contribution in [-0.2, 0) is 14.3 Å². The second-order valence-corrected chi connectivity index (χ2v) is 6.28. The van der Waals surface area contributed by atoms with E-state index in [2.05, 4.69) is 22.0 Å². The maximum absolute atomic E-state index is 12.2. The molecule has 0 bridgehead atoms. The summed E-state index contributed by atoms with van der Waals surface area (Å²) < 4.78 is 10.5. The lowest BCUT2D eigenvalue weighted by Crippen LogP contribution is -2.55. The number of nitrogens with one attached hydrogen (secondary N) is 1. The van der Waals surface area contributed by atoms with Gasteiger partial charge in [0.2, 0.25) is 5.91 Å². The van der Waals surface area contributed by atoms with Gasteiger partial charge in [0.05, 0.1) is 13.2 Å². The van der Waals surface area contributed by atoms with Gasteiger partial charge in [0, 0.05) is 58.6 Å². The van der Waals surface area contributed by atoms with Crippen molar-refractivity contribution in [2.75, 3.05) is 59.7 Å². The molecule has 0 aromatic carbocycles. The first-order valence-electron chi connectivity index (χ1n) is 8.55. The van der Waals surface area contributed by atoms with Crippen molar-refractivity contribution in [2.24, 2.45) is 0 Å². The summed E-state index contributed by atoms with van der Waals surface area (Å²) in [7, 11) is 1.75. The van der Waals surface area contributed by atoms with Gasteiger partial charge in [0.1, 0.15) is 0 Å². The number of methoxy groups -OCH3 is 1. The monoisotopic (exact) mass is 313 g/mol. The third-order valence-electron chi connectivity index (χ3n) is 4.70. The first-order chi connectivity index (χ1) is 10.7. The van der Waals surface area contributed by atoms with Crippen LogP contribution in [0.5, 0.6) is 0 Å². The molecule has 1 N–H and O–H groups in total. The van der Waals surface area contributed by atoms with Crippen LogP contribution in [0.25, 0.3) is 0 Å². The Bertz CT molecular complexity index is 335. The molecule has 2 saturated heterocycles. The first-order valence-corrected chi connectivity index (χ1v) is 8.55. The SMILES string of the molecule is CCC1CN(CC(=O)NC2CCOCC2)CCN1CCOC. The van der Waals surface area contributed by atoms with Gasteiger partial charge in [-0.15, -0.1) is 0 Å². The molecule has 6 nitrogen and oxygen atoms in total. The zero-order chi connectivity index (χ0) is 15.8. The third-order valence-corrected chi connectivity index (χ3v) is 4.70. The molecule has 128 valence electrons. The third kappa shape index (κ3) is 5.50. The van der Waals surface area contributed by atoms with E-state index < -0.39 is 0 Å². The van der Waals surface area contributed by atoms with Gasteiger partial charge in [-0.1, -0.05) is 6.92 Å². The van der Waals surface area contributed by atoms with Crippen LogP contribution >= 0.6 is 0 Å². The van der Waals surface area contributed by atoms with Gasteiger partial charge >= 0.3 is 0 Å². The van der Waals surface area contributed by atoms with Crippen LogP contribution in [0.15, 0.2) is 0 Å². The summed E-state index contributed by atoms with van der Waals surface area (Å²) in [5.41, 5.74) is 0. The van der Waals surface area contributed by atoms with Crippen LogP contribution in [0.4, 0.5) is 0 Å². The number of ether oxygens (including phenoxy) is 2. The van der Waals surface area contributed by atoms with Gasteiger partial charge in [-0.3, -0.25) is 14.6 Å². The molecule has 0 saturated carbocycles. The fourth-order valence-corrected chi connectivity index (χ4v) is 3.31. The largest absolute Gasteiger partial charge is 0.383 e. The van der Waals surface area contributed by atoms with Gasteiger partial charge in [-0.05, 0) is 19.3 Å². The number of piperazine rings is 1. The lowest BCUT2D eigenvalue weighted by molar-refractivity contribution is -0.124. The fourth-order valence-electron chi connectivity index (χ4n) is 3.31. The first kappa shape index (κ1) is 17.7. The van der Waals surface area contributed by atoms with Crippen molar-refractivity contribution >= 4 is 5.91 Å². The number of rotatable bonds is 7. The average molecular weight is 313 g/mol. The lowest BCUT2D eigenvalue weighted by Gasteiger charge is -2.41. The molecule has 0 radical (unpaired) electrons. The molecular weight excluding hydrogens is 282 g/mol. The second-order valence-electron chi connectivity index (χ2n) is 6.28. The number of carbonyl (C=O) groups excluding carboxylic acids is 1. The van der Waals surface area contributed by atoms with Crippen molar-refractivity contribution in [2.45, 2.75) is 38.3 Å². The molecule has 0 spiro atoms. The van der Waals surface area contributed by atoms with Crippen LogP contribution in [0.3, 0.4) is 0 Å². The quantitative estimate of drug-likeness (QED) is 0.734. The molecule has 1 amide bonds. The number of hydrogen-bond acceptors (Lipinski definition) is 5. The van der Waals surface area contributed by atoms with E-state index in [9.17, 15) is 4.79 Å². The van der Waals surface area contributed by atoms with E-state index in [1.165, 1.54) is 0 Å². The maximum Gasteiger partial charge on any atom is 0.234 e. The molecule has 0 aliphatic carbocycles. The van der Waals surface area contributed by atoms with Crippen LogP contribution in [0.2, 0.25) is 0 Å². The zero-order valence-electron chi connectivity index (χ0n) is 14.1. The maximum atomic E-state index is 12.2. The number of amides is 1. The van der Waals surface area contributed by atoms with Crippen LogP contribution in [0.1, 0.15) is 26.2 Å². The Labute approximate surface area is 134 Å². The lowest BCUT2D eigenvalue weighted by atomic mass is 10.1. The topological polar surface area (TPSA) is 54.0 Å². The molecular formula is C16H31N3O3. The molecule has 2 heterocycles. The Balaban J connectivity index is 1.72. The summed E-state index contributed by atoms with van der Waals surface area (Å²) >= 11 is 0. The van der Waals surface area contributed by atoms with Crippen molar-refractivity contribution in [3.8, 4) is 0 Å². The van der Waals surface area contributed by atoms with E-state index in [0.717, 1.165) is 65.3 Å². The molecule has 2 rings (SSSR count). The smallest absolute Gasteiger partial charge is 0.234 e. The molecule has 2 fully saturated rings. The molecule has 1 atom stereocenters. The number of nitrogens with zero attached hydrogens (tertiary/aromatic N) is 2. The molecule has 2 aliphatic rings. The summed E-state index contributed by atoms with van der Waals surface area (Å²) in [6.07, 6.45) is 2.99. The van der Waals surface area contributed by atoms with Crippen molar-refractivity contribution in [3.63, 3.8) is 0 Å². The molecule has 2 aliphatic heterocycles. The van der Waals surface area contributed by atoms with Crippen LogP contribution in [-0.4, -0.2) is 87.4 Å². The standard InChI is InChI=1S/C16H31N3O3/c1-3-15-12-18(6-7-19(15)8-11-21-2)13-16(20)17-14-4-9-22-10-5-14/h14-15H,3-13H2,1-2H3,(H,17,20). The van der Waals surface area contributed by atoms with Gasteiger partial charge < -0.3 is 14.8 Å². The average Bonchev–Trinajstić information content (AvgIpc) is 2.54. The predicted molar refractivity (Wildman–Crippen MR) is 86.0 cm³/mol. The van der Waals surface area contributed by atoms with Gasteiger partial charge in [-0.2, -0.15) is 0 Å². The fraction of sp³-hybridized carbons (Fsp3) is 0.938. The van der Waals surface area contributed by atoms with E-state index >= 15 is 0 Å². The van der Waals surface area contributed by atoms with E-state index in [1.54, 1.807) is 7.11 Å². The Hall–Kier alpha value is -0.690. The minimum Gasteiger partial charge on any atom is -0.383 e. The Morgan fingerprint density at radius 3 is 2.77 bits per heavy atom. The Morgan fingerprint density at radius 2 is 2.09 bits per heavy atom. The molecule has 22 heavy (non-hydrogen) atoms. The summed E-state index contributed by atoms with van der Waals surface area (Å²) in [6, 6.07) is 0.825. The number of hydrogen-bond donors (Lipinski definition) is 1. The van der Waals surface area contributed by atoms with E-state index in [0.29, 0.717) is 18.6 Å². The minimum absolute atomic E-state index is 0.159. The van der Waals surface area contributed by atoms with Crippen molar-refractivity contribution in [1.82, 2.24) is 15.1 Å². The summed E-state index contributed by atoms with van der Waals surface area (Å²) in [6.45, 7) is 8.98. The van der Waals surface area contributed by atoms with Crippen molar-refractivity contribution < 1.29 is 14.3 Å². The summed E-state index contributed by atoms with van der Waals surface area (Å²) in [4.78, 5) is 17.0. The Morgan fingerprint density at radius 1 is 1.32 bits per heavy atom. The minimum atomic E-state index is 0.159. The highest BCUT2D eigenvalue weighted by Gasteiger charge is 2.27. The van der Waals surface area contributed by atoms with Crippen LogP contribution < -0.4 is 5.32 Å². The second kappa shape index (κ2) is 9.45. The summed E-state index contributed by atoms with van der Waals surface area (Å²) in [5, 5.41) is 3.15. The summed E-state index contributed by atoms with van der Waals surface area (Å²) in [5.74, 6) is 0.159.